The van der Waals surface area contributed by atoms with Crippen LogP contribution in [-0.4, -0.2) is 46.1 Å². The van der Waals surface area contributed by atoms with Gasteiger partial charge in [-0.15, -0.1) is 0 Å². The molecule has 0 aliphatic heterocycles. The van der Waals surface area contributed by atoms with Gasteiger partial charge in [0.1, 0.15) is 6.04 Å². The van der Waals surface area contributed by atoms with E-state index < -0.39 is 23.9 Å². The smallest absolute Gasteiger partial charge is 0.326 e. The van der Waals surface area contributed by atoms with Gasteiger partial charge in [-0.2, -0.15) is 0 Å². The summed E-state index contributed by atoms with van der Waals surface area (Å²) in [5.41, 5.74) is 1.03. The number of amides is 1. The van der Waals surface area contributed by atoms with Gasteiger partial charge < -0.3 is 15.2 Å². The molecule has 0 aliphatic rings. The minimum Gasteiger partial charge on any atom is -0.480 e. The Hall–Kier alpha value is -3.29. The Balaban J connectivity index is 2.03. The maximum absolute atomic E-state index is 12.2. The van der Waals surface area contributed by atoms with E-state index >= 15 is 0 Å². The van der Waals surface area contributed by atoms with Gasteiger partial charge in [0.15, 0.2) is 5.82 Å². The second-order valence-corrected chi connectivity index (χ2v) is 5.13. The number of esters is 1. The summed E-state index contributed by atoms with van der Waals surface area (Å²) >= 11 is 0. The van der Waals surface area contributed by atoms with E-state index in [1.807, 2.05) is 0 Å². The van der Waals surface area contributed by atoms with E-state index in [-0.39, 0.29) is 12.8 Å². The van der Waals surface area contributed by atoms with Crippen LogP contribution in [0, 0.1) is 0 Å². The number of carboxylic acids is 1. The van der Waals surface area contributed by atoms with E-state index in [0.717, 1.165) is 5.56 Å². The molecule has 2 rings (SSSR count). The lowest BCUT2D eigenvalue weighted by molar-refractivity contribution is -0.142. The first-order valence-corrected chi connectivity index (χ1v) is 7.49. The topological polar surface area (TPSA) is 118 Å². The van der Waals surface area contributed by atoms with E-state index in [9.17, 15) is 14.4 Å². The van der Waals surface area contributed by atoms with Crippen LogP contribution in [0.3, 0.4) is 0 Å². The van der Waals surface area contributed by atoms with Crippen molar-refractivity contribution >= 4 is 17.8 Å². The SMILES string of the molecule is COC(=O)CC[C@H](NC(=O)c1ccc(-c2ncccn2)cc1)C(=O)O. The van der Waals surface area contributed by atoms with Crippen LogP contribution in [0.25, 0.3) is 11.4 Å². The number of aromatic nitrogens is 2. The molecule has 0 saturated carbocycles. The maximum Gasteiger partial charge on any atom is 0.326 e. The normalized spacial score (nSPS) is 11.4. The van der Waals surface area contributed by atoms with Crippen LogP contribution in [0.4, 0.5) is 0 Å². The molecule has 0 saturated heterocycles. The zero-order valence-electron chi connectivity index (χ0n) is 13.5. The van der Waals surface area contributed by atoms with Gasteiger partial charge in [0.2, 0.25) is 0 Å². The molecule has 1 aromatic heterocycles. The summed E-state index contributed by atoms with van der Waals surface area (Å²) in [5.74, 6) is -1.77. The first-order chi connectivity index (χ1) is 12.0. The Kier molecular flexibility index (Phi) is 6.16. The van der Waals surface area contributed by atoms with Crippen molar-refractivity contribution in [1.29, 1.82) is 0 Å². The number of carbonyl (C=O) groups excluding carboxylic acids is 2. The number of methoxy groups -OCH3 is 1. The fourth-order valence-corrected chi connectivity index (χ4v) is 2.08. The lowest BCUT2D eigenvalue weighted by Crippen LogP contribution is -2.41. The van der Waals surface area contributed by atoms with Crippen molar-refractivity contribution in [3.63, 3.8) is 0 Å². The molecule has 0 aliphatic carbocycles. The number of aliphatic carboxylic acids is 1. The highest BCUT2D eigenvalue weighted by Gasteiger charge is 2.22. The average Bonchev–Trinajstić information content (AvgIpc) is 2.65. The molecular formula is C17H17N3O5. The van der Waals surface area contributed by atoms with E-state index in [4.69, 9.17) is 5.11 Å². The Morgan fingerprint density at radius 3 is 2.36 bits per heavy atom. The Morgan fingerprint density at radius 2 is 1.80 bits per heavy atom. The predicted octanol–water partition coefficient (Wildman–Crippen LogP) is 1.28. The van der Waals surface area contributed by atoms with Crippen molar-refractivity contribution in [3.8, 4) is 11.4 Å². The molecule has 25 heavy (non-hydrogen) atoms. The summed E-state index contributed by atoms with van der Waals surface area (Å²) < 4.78 is 4.47. The third kappa shape index (κ3) is 5.10. The fourth-order valence-electron chi connectivity index (χ4n) is 2.08. The molecule has 8 heteroatoms. The minimum atomic E-state index is -1.22. The number of nitrogens with one attached hydrogen (secondary N) is 1. The Labute approximate surface area is 143 Å². The second-order valence-electron chi connectivity index (χ2n) is 5.13. The molecule has 1 amide bonds. The van der Waals surface area contributed by atoms with E-state index in [1.54, 1.807) is 42.7 Å². The molecule has 2 N–H and O–H groups in total. The number of ether oxygens (including phenoxy) is 1. The number of carboxylic acid groups (broad SMARTS) is 1. The molecule has 130 valence electrons. The molecule has 2 aromatic rings. The molecule has 0 bridgehead atoms. The van der Waals surface area contributed by atoms with Gasteiger partial charge in [0.05, 0.1) is 7.11 Å². The predicted molar refractivity (Wildman–Crippen MR) is 87.6 cm³/mol. The zero-order chi connectivity index (χ0) is 18.2. The van der Waals surface area contributed by atoms with Crippen LogP contribution in [-0.2, 0) is 14.3 Å². The largest absolute Gasteiger partial charge is 0.480 e. The van der Waals surface area contributed by atoms with Gasteiger partial charge in [-0.05, 0) is 24.6 Å². The first kappa shape index (κ1) is 18.1. The van der Waals surface area contributed by atoms with Crippen molar-refractivity contribution in [2.75, 3.05) is 7.11 Å². The monoisotopic (exact) mass is 343 g/mol. The third-order valence-electron chi connectivity index (χ3n) is 3.44. The summed E-state index contributed by atoms with van der Waals surface area (Å²) in [6, 6.07) is 6.98. The number of carbonyl (C=O) groups is 3. The van der Waals surface area contributed by atoms with Crippen LogP contribution < -0.4 is 5.32 Å². The number of hydrogen-bond donors (Lipinski definition) is 2. The number of nitrogens with zero attached hydrogens (tertiary/aromatic N) is 2. The molecular weight excluding hydrogens is 326 g/mol. The summed E-state index contributed by atoms with van der Waals surface area (Å²) in [4.78, 5) is 42.8. The van der Waals surface area contributed by atoms with E-state index in [0.29, 0.717) is 11.4 Å². The molecule has 1 aromatic carbocycles. The van der Waals surface area contributed by atoms with Gasteiger partial charge in [-0.3, -0.25) is 9.59 Å². The molecule has 0 unspecified atom stereocenters. The van der Waals surface area contributed by atoms with Crippen molar-refractivity contribution < 1.29 is 24.2 Å². The Bertz CT molecular complexity index is 747. The average molecular weight is 343 g/mol. The molecule has 1 atom stereocenters. The lowest BCUT2D eigenvalue weighted by atomic mass is 10.1. The second kappa shape index (κ2) is 8.53. The maximum atomic E-state index is 12.2. The van der Waals surface area contributed by atoms with Gasteiger partial charge in [0.25, 0.3) is 5.91 Å². The van der Waals surface area contributed by atoms with Gasteiger partial charge in [-0.25, -0.2) is 14.8 Å². The van der Waals surface area contributed by atoms with Gasteiger partial charge in [0, 0.05) is 29.9 Å². The molecule has 8 nitrogen and oxygen atoms in total. The summed E-state index contributed by atoms with van der Waals surface area (Å²) in [7, 11) is 1.22. The highest BCUT2D eigenvalue weighted by Crippen LogP contribution is 2.15. The van der Waals surface area contributed by atoms with Gasteiger partial charge in [-0.1, -0.05) is 12.1 Å². The quantitative estimate of drug-likeness (QED) is 0.727. The summed E-state index contributed by atoms with van der Waals surface area (Å²) in [6.45, 7) is 0. The van der Waals surface area contributed by atoms with Crippen molar-refractivity contribution in [2.24, 2.45) is 0 Å². The van der Waals surface area contributed by atoms with Crippen LogP contribution in [0.1, 0.15) is 23.2 Å². The standard InChI is InChI=1S/C17H17N3O5/c1-25-14(21)8-7-13(17(23)24)20-16(22)12-5-3-11(4-6-12)15-18-9-2-10-19-15/h2-6,9-10,13H,7-8H2,1H3,(H,20,22)(H,23,24)/t13-/m0/s1. The molecule has 0 radical (unpaired) electrons. The molecule has 0 fully saturated rings. The summed E-state index contributed by atoms with van der Waals surface area (Å²) in [6.07, 6.45) is 3.07. The van der Waals surface area contributed by atoms with Crippen molar-refractivity contribution in [3.05, 3.63) is 48.3 Å². The zero-order valence-corrected chi connectivity index (χ0v) is 13.5. The lowest BCUT2D eigenvalue weighted by Gasteiger charge is -2.14. The van der Waals surface area contributed by atoms with E-state index in [1.165, 1.54) is 7.11 Å². The molecule has 0 spiro atoms. The highest BCUT2D eigenvalue weighted by molar-refractivity contribution is 5.97. The molecule has 1 heterocycles. The fraction of sp³-hybridized carbons (Fsp3) is 0.235. The summed E-state index contributed by atoms with van der Waals surface area (Å²) in [5, 5.41) is 11.6. The number of rotatable bonds is 7. The van der Waals surface area contributed by atoms with Crippen LogP contribution >= 0.6 is 0 Å². The number of hydrogen-bond acceptors (Lipinski definition) is 6. The third-order valence-corrected chi connectivity index (χ3v) is 3.44. The van der Waals surface area contributed by atoms with Gasteiger partial charge >= 0.3 is 11.9 Å². The highest BCUT2D eigenvalue weighted by atomic mass is 16.5. The van der Waals surface area contributed by atoms with Crippen molar-refractivity contribution in [2.45, 2.75) is 18.9 Å². The first-order valence-electron chi connectivity index (χ1n) is 7.49. The minimum absolute atomic E-state index is 0.0519. The number of benzene rings is 1. The van der Waals surface area contributed by atoms with E-state index in [2.05, 4.69) is 20.0 Å². The Morgan fingerprint density at radius 1 is 1.16 bits per heavy atom. The van der Waals surface area contributed by atoms with Crippen LogP contribution in [0.2, 0.25) is 0 Å². The van der Waals surface area contributed by atoms with Crippen molar-refractivity contribution in [1.82, 2.24) is 15.3 Å². The van der Waals surface area contributed by atoms with Crippen LogP contribution in [0.5, 0.6) is 0 Å². The van der Waals surface area contributed by atoms with Crippen LogP contribution in [0.15, 0.2) is 42.7 Å².